The van der Waals surface area contributed by atoms with E-state index in [9.17, 15) is 14.7 Å². The van der Waals surface area contributed by atoms with E-state index < -0.39 is 0 Å². The zero-order valence-corrected chi connectivity index (χ0v) is 18.1. The van der Waals surface area contributed by atoms with Crippen LogP contribution in [0.2, 0.25) is 0 Å². The number of Topliss-reactive ketones (excluding diaryl/α,β-unsaturated/α-hetero) is 2. The molecule has 1 N–H and O–H groups in total. The van der Waals surface area contributed by atoms with E-state index in [1.165, 1.54) is 0 Å². The second kappa shape index (κ2) is 9.17. The molecule has 4 heteroatoms. The lowest BCUT2D eigenvalue weighted by atomic mass is 9.60. The van der Waals surface area contributed by atoms with Crippen LogP contribution < -0.4 is 0 Å². The standard InChI is InChI=1S/C23H40O4/c1-6-23-15-14-20(25)18(19(23)12-13-21(23)26)11-10-17(24)9-7-8-16(2)27-22(3,4)5/h16-19,24H,6-15H2,1-5H3/t16-,17-,18?,19+,23+/m1/s1. The maximum absolute atomic E-state index is 12.5. The smallest absolute Gasteiger partial charge is 0.139 e. The Labute approximate surface area is 165 Å². The molecule has 2 aliphatic rings. The fourth-order valence-electron chi connectivity index (χ4n) is 5.50. The van der Waals surface area contributed by atoms with Crippen LogP contribution in [0.25, 0.3) is 0 Å². The molecule has 2 fully saturated rings. The predicted octanol–water partition coefficient (Wildman–Crippen LogP) is 4.86. The third-order valence-electron chi connectivity index (χ3n) is 6.81. The van der Waals surface area contributed by atoms with Crippen molar-refractivity contribution in [2.24, 2.45) is 17.3 Å². The molecule has 2 saturated carbocycles. The van der Waals surface area contributed by atoms with Crippen molar-refractivity contribution in [3.05, 3.63) is 0 Å². The van der Waals surface area contributed by atoms with Gasteiger partial charge in [0.15, 0.2) is 0 Å². The van der Waals surface area contributed by atoms with Gasteiger partial charge in [0, 0.05) is 24.2 Å². The van der Waals surface area contributed by atoms with Crippen LogP contribution in [-0.4, -0.2) is 34.5 Å². The van der Waals surface area contributed by atoms with Gasteiger partial charge >= 0.3 is 0 Å². The summed E-state index contributed by atoms with van der Waals surface area (Å²) >= 11 is 0. The summed E-state index contributed by atoms with van der Waals surface area (Å²) in [7, 11) is 0. The Kier molecular flexibility index (Phi) is 7.66. The largest absolute Gasteiger partial charge is 0.393 e. The maximum atomic E-state index is 12.5. The lowest BCUT2D eigenvalue weighted by Crippen LogP contribution is -2.43. The third-order valence-corrected chi connectivity index (χ3v) is 6.81. The van der Waals surface area contributed by atoms with E-state index >= 15 is 0 Å². The van der Waals surface area contributed by atoms with Gasteiger partial charge in [0.25, 0.3) is 0 Å². The molecule has 0 aromatic carbocycles. The molecule has 0 amide bonds. The van der Waals surface area contributed by atoms with Gasteiger partial charge in [0.05, 0.1) is 17.8 Å². The minimum Gasteiger partial charge on any atom is -0.393 e. The van der Waals surface area contributed by atoms with Crippen molar-refractivity contribution in [2.75, 3.05) is 0 Å². The summed E-state index contributed by atoms with van der Waals surface area (Å²) < 4.78 is 5.91. The molecule has 5 atom stereocenters. The fourth-order valence-corrected chi connectivity index (χ4v) is 5.50. The van der Waals surface area contributed by atoms with Gasteiger partial charge in [-0.05, 0) is 85.0 Å². The Morgan fingerprint density at radius 3 is 2.52 bits per heavy atom. The van der Waals surface area contributed by atoms with Gasteiger partial charge in [-0.15, -0.1) is 0 Å². The van der Waals surface area contributed by atoms with Crippen LogP contribution in [0.15, 0.2) is 0 Å². The highest BCUT2D eigenvalue weighted by atomic mass is 16.5. The number of aliphatic hydroxyl groups is 1. The summed E-state index contributed by atoms with van der Waals surface area (Å²) in [6.07, 6.45) is 7.47. The van der Waals surface area contributed by atoms with Crippen LogP contribution in [0, 0.1) is 17.3 Å². The fraction of sp³-hybridized carbons (Fsp3) is 0.913. The number of hydrogen-bond donors (Lipinski definition) is 1. The Bertz CT molecular complexity index is 521. The van der Waals surface area contributed by atoms with Gasteiger partial charge < -0.3 is 9.84 Å². The molecule has 2 aliphatic carbocycles. The number of hydrogen-bond acceptors (Lipinski definition) is 4. The van der Waals surface area contributed by atoms with Crippen molar-refractivity contribution in [1.82, 2.24) is 0 Å². The quantitative estimate of drug-likeness (QED) is 0.621. The van der Waals surface area contributed by atoms with Gasteiger partial charge in [0.2, 0.25) is 0 Å². The third kappa shape index (κ3) is 5.63. The summed E-state index contributed by atoms with van der Waals surface area (Å²) in [6, 6.07) is 0. The number of carbonyl (C=O) groups is 2. The summed E-state index contributed by atoms with van der Waals surface area (Å²) in [6.45, 7) is 10.4. The van der Waals surface area contributed by atoms with Gasteiger partial charge in [0.1, 0.15) is 11.6 Å². The molecule has 0 bridgehead atoms. The molecule has 0 aliphatic heterocycles. The van der Waals surface area contributed by atoms with Gasteiger partial charge in [-0.2, -0.15) is 0 Å². The Hall–Kier alpha value is -0.740. The lowest BCUT2D eigenvalue weighted by Gasteiger charge is -2.42. The number of ether oxygens (including phenoxy) is 1. The Morgan fingerprint density at radius 1 is 1.19 bits per heavy atom. The molecule has 27 heavy (non-hydrogen) atoms. The van der Waals surface area contributed by atoms with E-state index in [2.05, 4.69) is 34.6 Å². The average molecular weight is 381 g/mol. The van der Waals surface area contributed by atoms with Crippen molar-refractivity contribution >= 4 is 11.6 Å². The summed E-state index contributed by atoms with van der Waals surface area (Å²) in [5.41, 5.74) is -0.382. The number of aliphatic hydroxyl groups excluding tert-OH is 1. The van der Waals surface area contributed by atoms with E-state index in [1.54, 1.807) is 0 Å². The van der Waals surface area contributed by atoms with Crippen molar-refractivity contribution in [1.29, 1.82) is 0 Å². The molecule has 2 rings (SSSR count). The van der Waals surface area contributed by atoms with Crippen molar-refractivity contribution in [3.8, 4) is 0 Å². The molecule has 0 heterocycles. The zero-order valence-electron chi connectivity index (χ0n) is 18.1. The highest BCUT2D eigenvalue weighted by Gasteiger charge is 2.54. The van der Waals surface area contributed by atoms with Crippen LogP contribution in [0.1, 0.15) is 98.8 Å². The molecular formula is C23H40O4. The summed E-state index contributed by atoms with van der Waals surface area (Å²) in [5, 5.41) is 10.4. The second-order valence-corrected chi connectivity index (χ2v) is 9.85. The molecule has 0 spiro atoms. The minimum absolute atomic E-state index is 0.0250. The molecule has 156 valence electrons. The lowest BCUT2D eigenvalue weighted by molar-refractivity contribution is -0.138. The highest BCUT2D eigenvalue weighted by molar-refractivity contribution is 5.92. The van der Waals surface area contributed by atoms with Crippen LogP contribution in [0.4, 0.5) is 0 Å². The first-order valence-electron chi connectivity index (χ1n) is 11.0. The van der Waals surface area contributed by atoms with Gasteiger partial charge in [-0.1, -0.05) is 6.92 Å². The Morgan fingerprint density at radius 2 is 1.89 bits per heavy atom. The topological polar surface area (TPSA) is 63.6 Å². The van der Waals surface area contributed by atoms with Crippen LogP contribution in [-0.2, 0) is 14.3 Å². The second-order valence-electron chi connectivity index (χ2n) is 9.85. The first-order valence-corrected chi connectivity index (χ1v) is 11.0. The number of rotatable bonds is 9. The molecule has 0 saturated heterocycles. The number of fused-ring (bicyclic) bond motifs is 1. The van der Waals surface area contributed by atoms with E-state index in [0.29, 0.717) is 30.8 Å². The zero-order chi connectivity index (χ0) is 20.2. The monoisotopic (exact) mass is 380 g/mol. The van der Waals surface area contributed by atoms with E-state index in [-0.39, 0.29) is 35.1 Å². The summed E-state index contributed by atoms with van der Waals surface area (Å²) in [4.78, 5) is 25.0. The number of ketones is 2. The normalized spacial score (nSPS) is 31.0. The minimum atomic E-state index is -0.366. The first kappa shape index (κ1) is 22.5. The van der Waals surface area contributed by atoms with E-state index in [0.717, 1.165) is 44.9 Å². The van der Waals surface area contributed by atoms with Crippen LogP contribution >= 0.6 is 0 Å². The maximum Gasteiger partial charge on any atom is 0.139 e. The van der Waals surface area contributed by atoms with Crippen molar-refractivity contribution in [3.63, 3.8) is 0 Å². The molecule has 0 aromatic rings. The average Bonchev–Trinajstić information content (AvgIpc) is 2.90. The first-order chi connectivity index (χ1) is 12.6. The van der Waals surface area contributed by atoms with Crippen molar-refractivity contribution in [2.45, 2.75) is 117 Å². The summed E-state index contributed by atoms with van der Waals surface area (Å²) in [5.74, 6) is 0.880. The molecule has 0 aromatic heterocycles. The van der Waals surface area contributed by atoms with E-state index in [1.807, 2.05) is 0 Å². The van der Waals surface area contributed by atoms with Crippen LogP contribution in [0.3, 0.4) is 0 Å². The van der Waals surface area contributed by atoms with Crippen molar-refractivity contribution < 1.29 is 19.4 Å². The Balaban J connectivity index is 1.79. The molecule has 0 radical (unpaired) electrons. The molecular weight excluding hydrogens is 340 g/mol. The van der Waals surface area contributed by atoms with Gasteiger partial charge in [-0.3, -0.25) is 9.59 Å². The molecule has 1 unspecified atom stereocenters. The number of carbonyl (C=O) groups excluding carboxylic acids is 2. The van der Waals surface area contributed by atoms with Crippen LogP contribution in [0.5, 0.6) is 0 Å². The van der Waals surface area contributed by atoms with E-state index in [4.69, 9.17) is 4.74 Å². The SMILES string of the molecule is CC[C@]12CCC(=O)C(CC[C@H](O)CCC[C@@H](C)OC(C)(C)C)[C@@H]1CCC2=O. The van der Waals surface area contributed by atoms with Gasteiger partial charge in [-0.25, -0.2) is 0 Å². The molecule has 4 nitrogen and oxygen atoms in total. The predicted molar refractivity (Wildman–Crippen MR) is 108 cm³/mol. The highest BCUT2D eigenvalue weighted by Crippen LogP contribution is 2.54.